The van der Waals surface area contributed by atoms with Gasteiger partial charge in [-0.15, -0.1) is 16.9 Å². The molecule has 0 radical (unpaired) electrons. The van der Waals surface area contributed by atoms with Crippen molar-refractivity contribution in [1.29, 1.82) is 0 Å². The zero-order valence-corrected chi connectivity index (χ0v) is 11.4. The number of nitrogens with zero attached hydrogens (tertiary/aromatic N) is 4. The van der Waals surface area contributed by atoms with Crippen molar-refractivity contribution in [3.05, 3.63) is 12.4 Å². The van der Waals surface area contributed by atoms with E-state index in [1.165, 1.54) is 16.7 Å². The highest BCUT2D eigenvalue weighted by Crippen LogP contribution is 2.31. The number of carbonyl (C=O) groups is 2. The predicted octanol–water partition coefficient (Wildman–Crippen LogP) is 0.433. The molecule has 2 unspecified atom stereocenters. The molecule has 0 bridgehead atoms. The molecule has 0 aliphatic carbocycles. The first kappa shape index (κ1) is 13.9. The molecule has 1 amide bonds. The van der Waals surface area contributed by atoms with Crippen LogP contribution in [0.25, 0.3) is 0 Å². The molecule has 0 spiro atoms. The monoisotopic (exact) mass is 284 g/mol. The SMILES string of the molecule is CCC1SCC(C(=O)O)N1C(=O)CCn1ccnn1. The third-order valence-electron chi connectivity index (χ3n) is 3.04. The highest BCUT2D eigenvalue weighted by molar-refractivity contribution is 8.00. The lowest BCUT2D eigenvalue weighted by molar-refractivity contribution is -0.149. The molecule has 7 nitrogen and oxygen atoms in total. The zero-order valence-electron chi connectivity index (χ0n) is 10.6. The maximum absolute atomic E-state index is 12.2. The van der Waals surface area contributed by atoms with Gasteiger partial charge in [-0.2, -0.15) is 0 Å². The van der Waals surface area contributed by atoms with Crippen LogP contribution in [0, 0.1) is 0 Å². The minimum absolute atomic E-state index is 0.0376. The summed E-state index contributed by atoms with van der Waals surface area (Å²) in [5, 5.41) is 16.6. The van der Waals surface area contributed by atoms with Crippen LogP contribution in [0.2, 0.25) is 0 Å². The maximum atomic E-state index is 12.2. The molecular formula is C11H16N4O3S. The summed E-state index contributed by atoms with van der Waals surface area (Å²) in [4.78, 5) is 24.9. The maximum Gasteiger partial charge on any atom is 0.327 e. The Kier molecular flexibility index (Phi) is 4.41. The summed E-state index contributed by atoms with van der Waals surface area (Å²) in [6.07, 6.45) is 4.22. The van der Waals surface area contributed by atoms with Gasteiger partial charge in [-0.1, -0.05) is 12.1 Å². The second-order valence-electron chi connectivity index (χ2n) is 4.27. The summed E-state index contributed by atoms with van der Waals surface area (Å²) in [6, 6.07) is -0.710. The number of aryl methyl sites for hydroxylation is 1. The van der Waals surface area contributed by atoms with Crippen LogP contribution in [0.4, 0.5) is 0 Å². The summed E-state index contributed by atoms with van der Waals surface area (Å²) in [7, 11) is 0. The van der Waals surface area contributed by atoms with Crippen LogP contribution < -0.4 is 0 Å². The predicted molar refractivity (Wildman–Crippen MR) is 69.4 cm³/mol. The number of aliphatic carboxylic acids is 1. The van der Waals surface area contributed by atoms with Crippen LogP contribution in [0.1, 0.15) is 19.8 Å². The number of carbonyl (C=O) groups excluding carboxylic acids is 1. The highest BCUT2D eigenvalue weighted by atomic mass is 32.2. The van der Waals surface area contributed by atoms with Crippen LogP contribution >= 0.6 is 11.8 Å². The second kappa shape index (κ2) is 6.05. The summed E-state index contributed by atoms with van der Waals surface area (Å²) < 4.78 is 1.57. The third-order valence-corrected chi connectivity index (χ3v) is 4.49. The van der Waals surface area contributed by atoms with E-state index < -0.39 is 12.0 Å². The van der Waals surface area contributed by atoms with Crippen molar-refractivity contribution in [3.8, 4) is 0 Å². The van der Waals surface area contributed by atoms with Gasteiger partial charge in [-0.3, -0.25) is 9.48 Å². The van der Waals surface area contributed by atoms with Gasteiger partial charge < -0.3 is 10.0 Å². The largest absolute Gasteiger partial charge is 0.480 e. The van der Waals surface area contributed by atoms with Crippen molar-refractivity contribution >= 4 is 23.6 Å². The van der Waals surface area contributed by atoms with E-state index in [0.717, 1.165) is 6.42 Å². The van der Waals surface area contributed by atoms with E-state index in [4.69, 9.17) is 5.11 Å². The number of amides is 1. The van der Waals surface area contributed by atoms with Crippen LogP contribution in [0.15, 0.2) is 12.4 Å². The molecule has 2 heterocycles. The molecule has 1 saturated heterocycles. The first-order valence-electron chi connectivity index (χ1n) is 6.13. The van der Waals surface area contributed by atoms with Crippen LogP contribution in [-0.4, -0.2) is 54.0 Å². The highest BCUT2D eigenvalue weighted by Gasteiger charge is 2.40. The summed E-state index contributed by atoms with van der Waals surface area (Å²) in [6.45, 7) is 2.38. The van der Waals surface area contributed by atoms with Gasteiger partial charge in [0.2, 0.25) is 5.91 Å². The normalized spacial score (nSPS) is 22.7. The molecule has 8 heteroatoms. The molecule has 0 aromatic carbocycles. The standard InChI is InChI=1S/C11H16N4O3S/c1-2-10-15(8(7-19-10)11(17)18)9(16)3-5-14-6-4-12-13-14/h4,6,8,10H,2-3,5,7H2,1H3,(H,17,18). The molecule has 104 valence electrons. The van der Waals surface area contributed by atoms with Crippen molar-refractivity contribution in [1.82, 2.24) is 19.9 Å². The zero-order chi connectivity index (χ0) is 13.8. The fourth-order valence-corrected chi connectivity index (χ4v) is 3.46. The lowest BCUT2D eigenvalue weighted by Crippen LogP contribution is -2.45. The Morgan fingerprint density at radius 1 is 1.53 bits per heavy atom. The quantitative estimate of drug-likeness (QED) is 0.843. The minimum atomic E-state index is -0.933. The van der Waals surface area contributed by atoms with E-state index in [2.05, 4.69) is 10.3 Å². The van der Waals surface area contributed by atoms with E-state index in [9.17, 15) is 9.59 Å². The molecule has 0 saturated carbocycles. The first-order chi connectivity index (χ1) is 9.13. The Hall–Kier alpha value is -1.57. The molecule has 1 aliphatic rings. The Morgan fingerprint density at radius 3 is 2.89 bits per heavy atom. The lowest BCUT2D eigenvalue weighted by atomic mass is 10.2. The summed E-state index contributed by atoms with van der Waals surface area (Å²) in [5.41, 5.74) is 0. The van der Waals surface area contributed by atoms with Crippen molar-refractivity contribution in [2.75, 3.05) is 5.75 Å². The van der Waals surface area contributed by atoms with E-state index >= 15 is 0 Å². The molecule has 2 atom stereocenters. The molecule has 1 aromatic heterocycles. The number of thioether (sulfide) groups is 1. The Bertz CT molecular complexity index is 451. The molecular weight excluding hydrogens is 268 g/mol. The van der Waals surface area contributed by atoms with Crippen LogP contribution in [0.5, 0.6) is 0 Å². The van der Waals surface area contributed by atoms with E-state index in [-0.39, 0.29) is 17.7 Å². The molecule has 1 N–H and O–H groups in total. The van der Waals surface area contributed by atoms with Gasteiger partial charge >= 0.3 is 5.97 Å². The van der Waals surface area contributed by atoms with Gasteiger partial charge in [-0.25, -0.2) is 4.79 Å². The van der Waals surface area contributed by atoms with Gasteiger partial charge in [0, 0.05) is 18.4 Å². The van der Waals surface area contributed by atoms with Gasteiger partial charge in [-0.05, 0) is 6.42 Å². The van der Waals surface area contributed by atoms with E-state index in [0.29, 0.717) is 12.3 Å². The third kappa shape index (κ3) is 3.06. The molecule has 2 rings (SSSR count). The molecule has 1 fully saturated rings. The number of rotatable bonds is 5. The van der Waals surface area contributed by atoms with E-state index in [1.807, 2.05) is 6.92 Å². The van der Waals surface area contributed by atoms with Gasteiger partial charge in [0.1, 0.15) is 6.04 Å². The summed E-state index contributed by atoms with van der Waals surface area (Å²) in [5.74, 6) is -0.611. The number of hydrogen-bond acceptors (Lipinski definition) is 5. The average molecular weight is 284 g/mol. The number of aromatic nitrogens is 3. The minimum Gasteiger partial charge on any atom is -0.480 e. The van der Waals surface area contributed by atoms with Crippen LogP contribution in [-0.2, 0) is 16.1 Å². The lowest BCUT2D eigenvalue weighted by Gasteiger charge is -2.26. The van der Waals surface area contributed by atoms with Crippen molar-refractivity contribution < 1.29 is 14.7 Å². The number of carboxylic acids is 1. The Morgan fingerprint density at radius 2 is 2.32 bits per heavy atom. The van der Waals surface area contributed by atoms with Gasteiger partial charge in [0.05, 0.1) is 18.1 Å². The van der Waals surface area contributed by atoms with Crippen molar-refractivity contribution in [3.63, 3.8) is 0 Å². The fraction of sp³-hybridized carbons (Fsp3) is 0.636. The average Bonchev–Trinajstić information content (AvgIpc) is 3.04. The molecule has 1 aliphatic heterocycles. The molecule has 19 heavy (non-hydrogen) atoms. The molecule has 1 aromatic rings. The Balaban J connectivity index is 2.00. The van der Waals surface area contributed by atoms with Crippen LogP contribution in [0.3, 0.4) is 0 Å². The fourth-order valence-electron chi connectivity index (χ4n) is 2.09. The smallest absolute Gasteiger partial charge is 0.327 e. The van der Waals surface area contributed by atoms with Crippen molar-refractivity contribution in [2.45, 2.75) is 37.7 Å². The summed E-state index contributed by atoms with van der Waals surface area (Å²) >= 11 is 1.53. The first-order valence-corrected chi connectivity index (χ1v) is 7.18. The topological polar surface area (TPSA) is 88.3 Å². The van der Waals surface area contributed by atoms with Gasteiger partial charge in [0.25, 0.3) is 0 Å². The number of carboxylic acid groups (broad SMARTS) is 1. The second-order valence-corrected chi connectivity index (χ2v) is 5.48. The van der Waals surface area contributed by atoms with Crippen molar-refractivity contribution in [2.24, 2.45) is 0 Å². The van der Waals surface area contributed by atoms with Gasteiger partial charge in [0.15, 0.2) is 0 Å². The number of hydrogen-bond donors (Lipinski definition) is 1. The Labute approximate surface area is 115 Å². The van der Waals surface area contributed by atoms with E-state index in [1.54, 1.807) is 17.1 Å².